The highest BCUT2D eigenvalue weighted by Gasteiger charge is 2.89. The summed E-state index contributed by atoms with van der Waals surface area (Å²) in [5.74, 6) is -3.24. The van der Waals surface area contributed by atoms with Gasteiger partial charge in [0.25, 0.3) is 5.91 Å². The summed E-state index contributed by atoms with van der Waals surface area (Å²) in [6.45, 7) is 0. The number of rotatable bonds is 4. The summed E-state index contributed by atoms with van der Waals surface area (Å²) >= 11 is 0. The number of nitrogens with one attached hydrogen (secondary N) is 2. The highest BCUT2D eigenvalue weighted by atomic mass is 19.1. The summed E-state index contributed by atoms with van der Waals surface area (Å²) in [7, 11) is 0. The standard InChI is InChI=1S/C21H14F2N4O3/c22-10-7-11-14-15-16(14)21(15,20(29)24-17(11)12(23)8-10)25-18(28)19-27-26-13(30-19)6-9-4-2-1-3-5-9/h1-5,7-8,14-16H,6H2,(H,24,29)(H,25,28)/t14?,15-,16?,21?/m1/s1. The van der Waals surface area contributed by atoms with Crippen molar-refractivity contribution in [3.63, 3.8) is 0 Å². The Labute approximate surface area is 168 Å². The summed E-state index contributed by atoms with van der Waals surface area (Å²) < 4.78 is 33.2. The second-order valence-electron chi connectivity index (χ2n) is 7.87. The molecular weight excluding hydrogens is 394 g/mol. The van der Waals surface area contributed by atoms with Gasteiger partial charge in [0.15, 0.2) is 0 Å². The van der Waals surface area contributed by atoms with E-state index in [4.69, 9.17) is 4.42 Å². The number of amides is 2. The van der Waals surface area contributed by atoms with Gasteiger partial charge < -0.3 is 15.1 Å². The number of nitrogens with zero attached hydrogens (tertiary/aromatic N) is 2. The lowest BCUT2D eigenvalue weighted by atomic mass is 9.92. The lowest BCUT2D eigenvalue weighted by Crippen LogP contribution is -2.51. The fraction of sp³-hybridized carbons (Fsp3) is 0.238. The van der Waals surface area contributed by atoms with Crippen LogP contribution in [0.15, 0.2) is 46.9 Å². The van der Waals surface area contributed by atoms with Crippen LogP contribution < -0.4 is 10.6 Å². The predicted octanol–water partition coefficient (Wildman–Crippen LogP) is 2.40. The molecule has 0 bridgehead atoms. The maximum Gasteiger partial charge on any atom is 0.309 e. The van der Waals surface area contributed by atoms with Gasteiger partial charge >= 0.3 is 11.8 Å². The van der Waals surface area contributed by atoms with Gasteiger partial charge in [-0.2, -0.15) is 0 Å². The van der Waals surface area contributed by atoms with E-state index in [9.17, 15) is 18.4 Å². The molecule has 7 nitrogen and oxygen atoms in total. The second-order valence-corrected chi connectivity index (χ2v) is 7.87. The molecule has 2 N–H and O–H groups in total. The molecule has 2 aromatic carbocycles. The molecule has 2 amide bonds. The number of aromatic nitrogens is 2. The van der Waals surface area contributed by atoms with E-state index < -0.39 is 29.0 Å². The molecule has 3 unspecified atom stereocenters. The van der Waals surface area contributed by atoms with E-state index in [0.29, 0.717) is 12.0 Å². The monoisotopic (exact) mass is 408 g/mol. The average molecular weight is 408 g/mol. The number of hydrogen-bond donors (Lipinski definition) is 2. The van der Waals surface area contributed by atoms with Crippen LogP contribution in [0.1, 0.15) is 33.6 Å². The van der Waals surface area contributed by atoms with E-state index >= 15 is 0 Å². The normalized spacial score (nSPS) is 27.4. The first kappa shape index (κ1) is 17.3. The molecule has 4 atom stereocenters. The number of carbonyl (C=O) groups is 2. The third-order valence-electron chi connectivity index (χ3n) is 6.20. The molecule has 3 aromatic rings. The van der Waals surface area contributed by atoms with Crippen molar-refractivity contribution in [1.82, 2.24) is 15.5 Å². The van der Waals surface area contributed by atoms with Crippen molar-refractivity contribution in [2.45, 2.75) is 17.9 Å². The summed E-state index contributed by atoms with van der Waals surface area (Å²) in [5.41, 5.74) is 0.211. The molecule has 2 fully saturated rings. The van der Waals surface area contributed by atoms with Gasteiger partial charge in [-0.3, -0.25) is 9.59 Å². The summed E-state index contributed by atoms with van der Waals surface area (Å²) in [6, 6.07) is 11.4. The largest absolute Gasteiger partial charge is 0.417 e. The molecule has 0 radical (unpaired) electrons. The highest BCUT2D eigenvalue weighted by Crippen LogP contribution is 2.81. The lowest BCUT2D eigenvalue weighted by Gasteiger charge is -2.22. The topological polar surface area (TPSA) is 97.1 Å². The minimum atomic E-state index is -1.16. The van der Waals surface area contributed by atoms with Crippen LogP contribution in [0.4, 0.5) is 14.5 Å². The van der Waals surface area contributed by atoms with Crippen molar-refractivity contribution in [3.05, 3.63) is 77.0 Å². The van der Waals surface area contributed by atoms with E-state index in [2.05, 4.69) is 20.8 Å². The van der Waals surface area contributed by atoms with Crippen LogP contribution >= 0.6 is 0 Å². The molecule has 30 heavy (non-hydrogen) atoms. The molecule has 1 aromatic heterocycles. The number of hydrogen-bond acceptors (Lipinski definition) is 5. The van der Waals surface area contributed by atoms with Gasteiger partial charge in [-0.1, -0.05) is 30.3 Å². The van der Waals surface area contributed by atoms with Crippen molar-refractivity contribution < 1.29 is 22.8 Å². The van der Waals surface area contributed by atoms with Crippen molar-refractivity contribution in [2.75, 3.05) is 5.32 Å². The van der Waals surface area contributed by atoms with Gasteiger partial charge in [0, 0.05) is 17.9 Å². The van der Waals surface area contributed by atoms with Crippen LogP contribution in [0.5, 0.6) is 0 Å². The van der Waals surface area contributed by atoms with Crippen LogP contribution in [0.25, 0.3) is 0 Å². The van der Waals surface area contributed by atoms with Crippen molar-refractivity contribution >= 4 is 17.5 Å². The average Bonchev–Trinajstić information content (AvgIpc) is 3.57. The first-order valence-electron chi connectivity index (χ1n) is 9.48. The van der Waals surface area contributed by atoms with Gasteiger partial charge in [0.05, 0.1) is 12.1 Å². The SMILES string of the molecule is O=C(NC12C(=O)Nc3c(F)cc(F)cc3C3C1[C@@H]32)c1nnc(Cc2ccccc2)o1. The van der Waals surface area contributed by atoms with E-state index in [1.807, 2.05) is 30.3 Å². The summed E-state index contributed by atoms with van der Waals surface area (Å²) in [5, 5.41) is 12.9. The smallest absolute Gasteiger partial charge is 0.309 e. The maximum absolute atomic E-state index is 14.1. The minimum Gasteiger partial charge on any atom is -0.417 e. The third kappa shape index (κ3) is 2.28. The Balaban J connectivity index is 1.21. The number of halogens is 2. The van der Waals surface area contributed by atoms with E-state index in [1.165, 1.54) is 6.07 Å². The quantitative estimate of drug-likeness (QED) is 0.691. The zero-order valence-corrected chi connectivity index (χ0v) is 15.4. The number of benzene rings is 2. The van der Waals surface area contributed by atoms with E-state index in [1.54, 1.807) is 0 Å². The van der Waals surface area contributed by atoms with Crippen molar-refractivity contribution in [2.24, 2.45) is 11.8 Å². The Morgan fingerprint density at radius 3 is 2.70 bits per heavy atom. The first-order valence-corrected chi connectivity index (χ1v) is 9.48. The van der Waals surface area contributed by atoms with Crippen LogP contribution in [-0.2, 0) is 11.2 Å². The molecule has 150 valence electrons. The Bertz CT molecular complexity index is 1220. The zero-order valence-electron chi connectivity index (χ0n) is 15.4. The zero-order chi connectivity index (χ0) is 20.6. The molecule has 0 saturated heterocycles. The van der Waals surface area contributed by atoms with Crippen LogP contribution in [0.2, 0.25) is 0 Å². The Hall–Kier alpha value is -3.62. The van der Waals surface area contributed by atoms with Crippen LogP contribution in [0, 0.1) is 23.5 Å². The lowest BCUT2D eigenvalue weighted by molar-refractivity contribution is -0.120. The number of carbonyl (C=O) groups excluding carboxylic acids is 2. The third-order valence-corrected chi connectivity index (χ3v) is 6.20. The van der Waals surface area contributed by atoms with Crippen molar-refractivity contribution in [3.8, 4) is 0 Å². The summed E-state index contributed by atoms with van der Waals surface area (Å²) in [6.07, 6.45) is 0.375. The van der Waals surface area contributed by atoms with Gasteiger partial charge in [-0.05, 0) is 23.1 Å². The fourth-order valence-electron chi connectivity index (χ4n) is 4.75. The van der Waals surface area contributed by atoms with Crippen LogP contribution in [0.3, 0.4) is 0 Å². The Morgan fingerprint density at radius 2 is 1.93 bits per heavy atom. The Kier molecular flexibility index (Phi) is 3.29. The number of fused-ring (bicyclic) bond motifs is 4. The molecule has 9 heteroatoms. The molecule has 2 aliphatic carbocycles. The Morgan fingerprint density at radius 1 is 1.17 bits per heavy atom. The minimum absolute atomic E-state index is 0.0181. The first-order chi connectivity index (χ1) is 14.5. The highest BCUT2D eigenvalue weighted by molar-refractivity contribution is 6.09. The fourth-order valence-corrected chi connectivity index (χ4v) is 4.75. The molecule has 3 aliphatic rings. The molecule has 0 spiro atoms. The predicted molar refractivity (Wildman–Crippen MR) is 98.5 cm³/mol. The summed E-state index contributed by atoms with van der Waals surface area (Å²) in [4.78, 5) is 25.4. The number of anilines is 1. The van der Waals surface area contributed by atoms with Gasteiger partial charge in [-0.25, -0.2) is 8.78 Å². The molecular formula is C21H14F2N4O3. The second kappa shape index (κ2) is 5.71. The van der Waals surface area contributed by atoms with E-state index in [0.717, 1.165) is 11.6 Å². The molecule has 2 saturated carbocycles. The van der Waals surface area contributed by atoms with Crippen molar-refractivity contribution in [1.29, 1.82) is 0 Å². The van der Waals surface area contributed by atoms with E-state index in [-0.39, 0.29) is 35.2 Å². The van der Waals surface area contributed by atoms with Gasteiger partial charge in [0.2, 0.25) is 5.89 Å². The van der Waals surface area contributed by atoms with Gasteiger partial charge in [0.1, 0.15) is 17.2 Å². The van der Waals surface area contributed by atoms with Crippen LogP contribution in [-0.4, -0.2) is 27.6 Å². The maximum atomic E-state index is 14.1. The molecule has 2 heterocycles. The van der Waals surface area contributed by atoms with Gasteiger partial charge in [-0.15, -0.1) is 10.2 Å². The molecule has 6 rings (SSSR count). The molecule has 1 aliphatic heterocycles.